The van der Waals surface area contributed by atoms with Gasteiger partial charge in [-0.1, -0.05) is 31.7 Å². The zero-order valence-electron chi connectivity index (χ0n) is 19.1. The number of piperidine rings is 1. The summed E-state index contributed by atoms with van der Waals surface area (Å²) in [5.41, 5.74) is 4.40. The Bertz CT molecular complexity index is 880. The fraction of sp³-hybridized carbons (Fsp3) is 0.458. The predicted molar refractivity (Wildman–Crippen MR) is 127 cm³/mol. The quantitative estimate of drug-likeness (QED) is 0.435. The number of aromatic nitrogens is 2. The van der Waals surface area contributed by atoms with Crippen molar-refractivity contribution in [3.8, 4) is 0 Å². The van der Waals surface area contributed by atoms with Gasteiger partial charge in [0.2, 0.25) is 5.95 Å². The lowest BCUT2D eigenvalue weighted by Gasteiger charge is -2.35. The Kier molecular flexibility index (Phi) is 8.58. The van der Waals surface area contributed by atoms with Crippen LogP contribution in [-0.2, 0) is 6.54 Å². The first-order valence-electron chi connectivity index (χ1n) is 11.3. The fourth-order valence-corrected chi connectivity index (χ4v) is 4.22. The Hall–Kier alpha value is -2.97. The van der Waals surface area contributed by atoms with Crippen molar-refractivity contribution in [2.75, 3.05) is 42.5 Å². The molecule has 1 amide bonds. The van der Waals surface area contributed by atoms with Crippen molar-refractivity contribution in [1.29, 1.82) is 0 Å². The number of hydroxylamine groups is 1. The van der Waals surface area contributed by atoms with Gasteiger partial charge in [0.1, 0.15) is 0 Å². The Morgan fingerprint density at radius 1 is 1.22 bits per heavy atom. The predicted octanol–water partition coefficient (Wildman–Crippen LogP) is 3.30. The van der Waals surface area contributed by atoms with Crippen LogP contribution in [0.2, 0.25) is 0 Å². The van der Waals surface area contributed by atoms with Gasteiger partial charge in [0.25, 0.3) is 5.91 Å². The summed E-state index contributed by atoms with van der Waals surface area (Å²) in [6.45, 7) is 14.0. The molecule has 0 bridgehead atoms. The number of hydrogen-bond acceptors (Lipinski definition) is 7. The van der Waals surface area contributed by atoms with Crippen LogP contribution in [0.5, 0.6) is 0 Å². The number of nitrogens with zero attached hydrogens (tertiary/aromatic N) is 5. The first-order valence-corrected chi connectivity index (χ1v) is 11.3. The van der Waals surface area contributed by atoms with E-state index in [2.05, 4.69) is 69.4 Å². The lowest BCUT2D eigenvalue weighted by Crippen LogP contribution is -2.39. The average Bonchev–Trinajstić information content (AvgIpc) is 2.85. The van der Waals surface area contributed by atoms with Crippen LogP contribution in [0.4, 0.5) is 11.6 Å². The van der Waals surface area contributed by atoms with E-state index in [-0.39, 0.29) is 5.56 Å². The zero-order chi connectivity index (χ0) is 22.9. The second-order valence-corrected chi connectivity index (χ2v) is 8.07. The molecule has 3 rings (SSSR count). The van der Waals surface area contributed by atoms with E-state index in [0.717, 1.165) is 52.1 Å². The van der Waals surface area contributed by atoms with Crippen LogP contribution in [0.1, 0.15) is 42.6 Å². The maximum absolute atomic E-state index is 11.4. The lowest BCUT2D eigenvalue weighted by atomic mass is 9.96. The highest BCUT2D eigenvalue weighted by molar-refractivity contribution is 5.92. The molecule has 0 aliphatic carbocycles. The van der Waals surface area contributed by atoms with Gasteiger partial charge in [-0.2, -0.15) is 0 Å². The van der Waals surface area contributed by atoms with E-state index in [4.69, 9.17) is 5.21 Å². The van der Waals surface area contributed by atoms with E-state index in [9.17, 15) is 4.79 Å². The van der Waals surface area contributed by atoms with Gasteiger partial charge in [0, 0.05) is 50.8 Å². The van der Waals surface area contributed by atoms with E-state index >= 15 is 0 Å². The lowest BCUT2D eigenvalue weighted by molar-refractivity contribution is 0.0705. The minimum absolute atomic E-state index is 0.239. The summed E-state index contributed by atoms with van der Waals surface area (Å²) < 4.78 is 0. The Morgan fingerprint density at radius 3 is 2.50 bits per heavy atom. The molecule has 1 aliphatic rings. The topological polar surface area (TPSA) is 84.8 Å². The van der Waals surface area contributed by atoms with Gasteiger partial charge in [0.15, 0.2) is 0 Å². The number of carbonyl (C=O) groups is 1. The van der Waals surface area contributed by atoms with Crippen LogP contribution in [0.25, 0.3) is 0 Å². The third-order valence-corrected chi connectivity index (χ3v) is 6.12. The monoisotopic (exact) mass is 438 g/mol. The second kappa shape index (κ2) is 11.6. The molecule has 0 saturated carbocycles. The van der Waals surface area contributed by atoms with Crippen molar-refractivity contribution in [1.82, 2.24) is 20.3 Å². The second-order valence-electron chi connectivity index (χ2n) is 8.07. The smallest absolute Gasteiger partial charge is 0.277 e. The number of benzene rings is 1. The van der Waals surface area contributed by atoms with Crippen LogP contribution in [-0.4, -0.2) is 58.7 Å². The average molecular weight is 439 g/mol. The van der Waals surface area contributed by atoms with Crippen LogP contribution in [0.3, 0.4) is 0 Å². The van der Waals surface area contributed by atoms with Crippen LogP contribution in [0, 0.1) is 5.92 Å². The van der Waals surface area contributed by atoms with Crippen molar-refractivity contribution in [2.24, 2.45) is 5.92 Å². The van der Waals surface area contributed by atoms with Crippen molar-refractivity contribution in [2.45, 2.75) is 33.2 Å². The molecule has 1 aliphatic heterocycles. The molecule has 0 radical (unpaired) electrons. The maximum atomic E-state index is 11.4. The Morgan fingerprint density at radius 2 is 1.91 bits per heavy atom. The summed E-state index contributed by atoms with van der Waals surface area (Å²) in [5, 5.41) is 8.71. The van der Waals surface area contributed by atoms with Gasteiger partial charge >= 0.3 is 0 Å². The summed E-state index contributed by atoms with van der Waals surface area (Å²) in [6.07, 6.45) is 6.94. The van der Waals surface area contributed by atoms with Gasteiger partial charge in [-0.15, -0.1) is 0 Å². The molecule has 1 saturated heterocycles. The number of carbonyl (C=O) groups excluding carboxylic acids is 1. The molecule has 32 heavy (non-hydrogen) atoms. The molecule has 2 N–H and O–H groups in total. The van der Waals surface area contributed by atoms with E-state index in [0.29, 0.717) is 11.9 Å². The molecule has 8 nitrogen and oxygen atoms in total. The highest BCUT2D eigenvalue weighted by Crippen LogP contribution is 2.25. The molecule has 0 spiro atoms. The van der Waals surface area contributed by atoms with Gasteiger partial charge < -0.3 is 9.80 Å². The van der Waals surface area contributed by atoms with E-state index < -0.39 is 5.91 Å². The molecular formula is C24H34N6O2. The SMILES string of the molecule is C=CN(CC)c1ccccc1CN(CC)CC1CCN(c2ncc(C(=O)NO)cn2)CC1. The largest absolute Gasteiger partial charge is 0.349 e. The van der Waals surface area contributed by atoms with Gasteiger partial charge in [-0.05, 0) is 50.1 Å². The minimum Gasteiger partial charge on any atom is -0.349 e. The summed E-state index contributed by atoms with van der Waals surface area (Å²) in [4.78, 5) is 26.9. The molecular weight excluding hydrogens is 404 g/mol. The molecule has 1 aromatic heterocycles. The molecule has 8 heteroatoms. The van der Waals surface area contributed by atoms with Crippen molar-refractivity contribution in [3.05, 3.63) is 60.6 Å². The molecule has 2 aromatic rings. The number of hydrogen-bond donors (Lipinski definition) is 2. The van der Waals surface area contributed by atoms with E-state index in [1.165, 1.54) is 23.6 Å². The number of nitrogens with one attached hydrogen (secondary N) is 1. The van der Waals surface area contributed by atoms with Gasteiger partial charge in [-0.3, -0.25) is 14.9 Å². The maximum Gasteiger partial charge on any atom is 0.277 e. The van der Waals surface area contributed by atoms with Crippen LogP contribution in [0.15, 0.2) is 49.4 Å². The summed E-state index contributed by atoms with van der Waals surface area (Å²) in [6, 6.07) is 8.58. The first-order chi connectivity index (χ1) is 15.6. The molecule has 0 unspecified atom stereocenters. The van der Waals surface area contributed by atoms with Crippen molar-refractivity contribution >= 4 is 17.5 Å². The third kappa shape index (κ3) is 5.83. The summed E-state index contributed by atoms with van der Waals surface area (Å²) in [7, 11) is 0. The summed E-state index contributed by atoms with van der Waals surface area (Å²) >= 11 is 0. The molecule has 1 fully saturated rings. The highest BCUT2D eigenvalue weighted by atomic mass is 16.5. The van der Waals surface area contributed by atoms with Gasteiger partial charge in [0.05, 0.1) is 5.56 Å². The van der Waals surface area contributed by atoms with Crippen molar-refractivity contribution in [3.63, 3.8) is 0 Å². The number of para-hydroxylation sites is 1. The van der Waals surface area contributed by atoms with Gasteiger partial charge in [-0.25, -0.2) is 15.4 Å². The van der Waals surface area contributed by atoms with E-state index in [1.807, 2.05) is 6.20 Å². The normalized spacial score (nSPS) is 14.4. The Labute approximate surface area is 190 Å². The minimum atomic E-state index is -0.605. The number of rotatable bonds is 10. The third-order valence-electron chi connectivity index (χ3n) is 6.12. The fourth-order valence-electron chi connectivity index (χ4n) is 4.22. The molecule has 1 aromatic carbocycles. The first kappa shape index (κ1) is 23.7. The highest BCUT2D eigenvalue weighted by Gasteiger charge is 2.23. The van der Waals surface area contributed by atoms with Crippen LogP contribution < -0.4 is 15.3 Å². The van der Waals surface area contributed by atoms with Crippen LogP contribution >= 0.6 is 0 Å². The zero-order valence-corrected chi connectivity index (χ0v) is 19.1. The molecule has 0 atom stereocenters. The van der Waals surface area contributed by atoms with E-state index in [1.54, 1.807) is 5.48 Å². The molecule has 2 heterocycles. The standard InChI is InChI=1S/C24H34N6O2/c1-4-28(18-20-9-7-8-10-22(20)29(5-2)6-3)17-19-11-13-30(14-12-19)24-25-15-21(16-26-24)23(31)27-32/h5,7-10,15-16,19,32H,2,4,6,11-14,17-18H2,1,3H3,(H,27,31). The number of amides is 1. The molecule has 172 valence electrons. The number of anilines is 2. The Balaban J connectivity index is 1.56. The summed E-state index contributed by atoms with van der Waals surface area (Å²) in [5.74, 6) is 0.648. The van der Waals surface area contributed by atoms with Crippen molar-refractivity contribution < 1.29 is 10.0 Å².